The highest BCUT2D eigenvalue weighted by atomic mass is 16.6. The average Bonchev–Trinajstić information content (AvgIpc) is 3.09. The monoisotopic (exact) mass is 408 g/mol. The number of carbonyl (C=O) groups is 2. The van der Waals surface area contributed by atoms with E-state index in [4.69, 9.17) is 9.26 Å². The molecule has 0 radical (unpaired) electrons. The van der Waals surface area contributed by atoms with E-state index in [9.17, 15) is 9.59 Å². The van der Waals surface area contributed by atoms with Crippen LogP contribution >= 0.6 is 0 Å². The fraction of sp³-hybridized carbons (Fsp3) is 0.810. The normalized spacial score (nSPS) is 17.5. The number of amides is 2. The molecule has 1 fully saturated rings. The van der Waals surface area contributed by atoms with Crippen LogP contribution in [0.2, 0.25) is 0 Å². The van der Waals surface area contributed by atoms with Crippen molar-refractivity contribution in [2.45, 2.75) is 78.2 Å². The molecule has 1 saturated heterocycles. The van der Waals surface area contributed by atoms with Gasteiger partial charge in [0.05, 0.1) is 0 Å². The molecule has 2 heterocycles. The first-order valence-electron chi connectivity index (χ1n) is 10.6. The molecule has 2 amide bonds. The molecule has 0 spiro atoms. The van der Waals surface area contributed by atoms with Crippen LogP contribution in [0.15, 0.2) is 4.52 Å². The molecule has 1 aromatic heterocycles. The predicted octanol–water partition coefficient (Wildman–Crippen LogP) is 3.62. The van der Waals surface area contributed by atoms with Gasteiger partial charge in [0, 0.05) is 45.4 Å². The molecule has 2 rings (SSSR count). The first-order chi connectivity index (χ1) is 13.5. The van der Waals surface area contributed by atoms with Crippen LogP contribution in [0.4, 0.5) is 4.79 Å². The van der Waals surface area contributed by atoms with Crippen LogP contribution in [-0.4, -0.2) is 64.2 Å². The highest BCUT2D eigenvalue weighted by Crippen LogP contribution is 2.20. The quantitative estimate of drug-likeness (QED) is 0.685. The van der Waals surface area contributed by atoms with Crippen LogP contribution < -0.4 is 0 Å². The van der Waals surface area contributed by atoms with Gasteiger partial charge in [-0.25, -0.2) is 4.79 Å². The molecule has 0 bridgehead atoms. The topological polar surface area (TPSA) is 88.8 Å². The summed E-state index contributed by atoms with van der Waals surface area (Å²) in [6, 6.07) is 0. The minimum absolute atomic E-state index is 0.151. The van der Waals surface area contributed by atoms with E-state index in [-0.39, 0.29) is 23.8 Å². The summed E-state index contributed by atoms with van der Waals surface area (Å²) in [7, 11) is 1.75. The molecule has 29 heavy (non-hydrogen) atoms. The van der Waals surface area contributed by atoms with Crippen molar-refractivity contribution in [1.29, 1.82) is 0 Å². The summed E-state index contributed by atoms with van der Waals surface area (Å²) in [5.74, 6) is 1.96. The van der Waals surface area contributed by atoms with Crippen molar-refractivity contribution in [1.82, 2.24) is 19.9 Å². The zero-order chi connectivity index (χ0) is 21.6. The summed E-state index contributed by atoms with van der Waals surface area (Å²) < 4.78 is 10.6. The zero-order valence-corrected chi connectivity index (χ0v) is 18.7. The molecular weight excluding hydrogens is 372 g/mol. The van der Waals surface area contributed by atoms with E-state index < -0.39 is 5.60 Å². The van der Waals surface area contributed by atoms with Gasteiger partial charge in [-0.1, -0.05) is 19.0 Å². The number of piperidine rings is 1. The Hall–Kier alpha value is -2.12. The molecule has 1 aromatic rings. The number of carbonyl (C=O) groups excluding carboxylic acids is 2. The highest BCUT2D eigenvalue weighted by molar-refractivity contribution is 5.76. The Labute approximate surface area is 174 Å². The number of aryl methyl sites for hydroxylation is 1. The van der Waals surface area contributed by atoms with Crippen molar-refractivity contribution in [3.05, 3.63) is 11.7 Å². The number of aromatic nitrogens is 2. The molecule has 8 nitrogen and oxygen atoms in total. The van der Waals surface area contributed by atoms with Crippen molar-refractivity contribution < 1.29 is 18.8 Å². The first-order valence-corrected chi connectivity index (χ1v) is 10.6. The molecule has 1 atom stereocenters. The van der Waals surface area contributed by atoms with Gasteiger partial charge in [-0.15, -0.1) is 0 Å². The second-order valence-electron chi connectivity index (χ2n) is 9.26. The molecule has 0 aromatic carbocycles. The molecule has 0 saturated carbocycles. The van der Waals surface area contributed by atoms with Gasteiger partial charge in [0.2, 0.25) is 11.8 Å². The van der Waals surface area contributed by atoms with Crippen LogP contribution in [-0.2, 0) is 16.0 Å². The third-order valence-electron chi connectivity index (χ3n) is 4.89. The Bertz CT molecular complexity index is 680. The molecule has 0 aliphatic carbocycles. The maximum absolute atomic E-state index is 12.6. The predicted molar refractivity (Wildman–Crippen MR) is 109 cm³/mol. The Kier molecular flexibility index (Phi) is 8.05. The summed E-state index contributed by atoms with van der Waals surface area (Å²) >= 11 is 0. The first kappa shape index (κ1) is 23.2. The van der Waals surface area contributed by atoms with Crippen LogP contribution in [0.3, 0.4) is 0 Å². The molecule has 164 valence electrons. The highest BCUT2D eigenvalue weighted by Gasteiger charge is 2.27. The third kappa shape index (κ3) is 7.66. The van der Waals surface area contributed by atoms with Gasteiger partial charge in [-0.2, -0.15) is 4.98 Å². The molecule has 1 aliphatic rings. The summed E-state index contributed by atoms with van der Waals surface area (Å²) in [4.78, 5) is 32.7. The number of hydrogen-bond acceptors (Lipinski definition) is 6. The van der Waals surface area contributed by atoms with E-state index in [0.29, 0.717) is 44.1 Å². The average molecular weight is 409 g/mol. The van der Waals surface area contributed by atoms with Crippen molar-refractivity contribution in [3.63, 3.8) is 0 Å². The smallest absolute Gasteiger partial charge is 0.410 e. The minimum Gasteiger partial charge on any atom is -0.444 e. The van der Waals surface area contributed by atoms with Gasteiger partial charge in [0.25, 0.3) is 0 Å². The lowest BCUT2D eigenvalue weighted by molar-refractivity contribution is -0.133. The standard InChI is InChI=1S/C21H36N4O4/c1-15(2)19-22-17(29-23-19)10-7-11-18(26)25-12-8-9-16(14-25)13-24(6)20(27)28-21(3,4)5/h15-16H,7-14H2,1-6H3. The lowest BCUT2D eigenvalue weighted by Gasteiger charge is -2.35. The largest absolute Gasteiger partial charge is 0.444 e. The van der Waals surface area contributed by atoms with Crippen molar-refractivity contribution in [2.75, 3.05) is 26.7 Å². The Morgan fingerprint density at radius 1 is 1.34 bits per heavy atom. The van der Waals surface area contributed by atoms with Gasteiger partial charge in [-0.05, 0) is 46.0 Å². The maximum Gasteiger partial charge on any atom is 0.410 e. The van der Waals surface area contributed by atoms with E-state index in [2.05, 4.69) is 10.1 Å². The summed E-state index contributed by atoms with van der Waals surface area (Å²) in [5, 5.41) is 3.95. The van der Waals surface area contributed by atoms with Crippen LogP contribution in [0.1, 0.15) is 77.9 Å². The SMILES string of the molecule is CC(C)c1noc(CCCC(=O)N2CCCC(CN(C)C(=O)OC(C)(C)C)C2)n1. The van der Waals surface area contributed by atoms with E-state index in [1.165, 1.54) is 0 Å². The van der Waals surface area contributed by atoms with Gasteiger partial charge in [0.1, 0.15) is 5.60 Å². The van der Waals surface area contributed by atoms with Crippen molar-refractivity contribution >= 4 is 12.0 Å². The maximum atomic E-state index is 12.6. The van der Waals surface area contributed by atoms with E-state index in [1.54, 1.807) is 11.9 Å². The molecule has 1 unspecified atom stereocenters. The molecule has 8 heteroatoms. The summed E-state index contributed by atoms with van der Waals surface area (Å²) in [6.45, 7) is 11.7. The van der Waals surface area contributed by atoms with Gasteiger partial charge < -0.3 is 19.1 Å². The van der Waals surface area contributed by atoms with Crippen LogP contribution in [0, 0.1) is 5.92 Å². The zero-order valence-electron chi connectivity index (χ0n) is 18.7. The fourth-order valence-electron chi connectivity index (χ4n) is 3.40. The Morgan fingerprint density at radius 2 is 2.07 bits per heavy atom. The lowest BCUT2D eigenvalue weighted by Crippen LogP contribution is -2.45. The van der Waals surface area contributed by atoms with Gasteiger partial charge in [-0.3, -0.25) is 4.79 Å². The van der Waals surface area contributed by atoms with Crippen molar-refractivity contribution in [3.8, 4) is 0 Å². The number of nitrogens with zero attached hydrogens (tertiary/aromatic N) is 4. The minimum atomic E-state index is -0.506. The fourth-order valence-corrected chi connectivity index (χ4v) is 3.40. The third-order valence-corrected chi connectivity index (χ3v) is 4.89. The second kappa shape index (κ2) is 10.1. The van der Waals surface area contributed by atoms with Gasteiger partial charge in [0.15, 0.2) is 5.82 Å². The van der Waals surface area contributed by atoms with Gasteiger partial charge >= 0.3 is 6.09 Å². The van der Waals surface area contributed by atoms with Crippen molar-refractivity contribution in [2.24, 2.45) is 5.92 Å². The second-order valence-corrected chi connectivity index (χ2v) is 9.26. The lowest BCUT2D eigenvalue weighted by atomic mass is 9.97. The number of ether oxygens (including phenoxy) is 1. The number of likely N-dealkylation sites (tertiary alicyclic amines) is 1. The molecule has 1 aliphatic heterocycles. The Morgan fingerprint density at radius 3 is 2.69 bits per heavy atom. The van der Waals surface area contributed by atoms with Crippen LogP contribution in [0.25, 0.3) is 0 Å². The Balaban J connectivity index is 1.75. The number of rotatable bonds is 7. The van der Waals surface area contributed by atoms with Crippen LogP contribution in [0.5, 0.6) is 0 Å². The van der Waals surface area contributed by atoms with E-state index >= 15 is 0 Å². The van der Waals surface area contributed by atoms with E-state index in [0.717, 1.165) is 19.4 Å². The molecular formula is C21H36N4O4. The molecule has 0 N–H and O–H groups in total. The van der Waals surface area contributed by atoms with E-state index in [1.807, 2.05) is 39.5 Å². The summed E-state index contributed by atoms with van der Waals surface area (Å²) in [5.41, 5.74) is -0.506. The number of hydrogen-bond donors (Lipinski definition) is 0. The summed E-state index contributed by atoms with van der Waals surface area (Å²) in [6.07, 6.45) is 3.42.